The molecular weight excluding hydrogens is 176 g/mol. The van der Waals surface area contributed by atoms with E-state index < -0.39 is 0 Å². The summed E-state index contributed by atoms with van der Waals surface area (Å²) in [5.41, 5.74) is 0. The zero-order chi connectivity index (χ0) is 10.6. The maximum Gasteiger partial charge on any atom is 0.109 e. The van der Waals surface area contributed by atoms with Gasteiger partial charge in [0.1, 0.15) is 5.76 Å². The number of hydrogen-bond acceptors (Lipinski definition) is 2. The largest absolute Gasteiger partial charge is 0.469 e. The Kier molecular flexibility index (Phi) is 4.21. The minimum absolute atomic E-state index is 0.146. The highest BCUT2D eigenvalue weighted by atomic mass is 16.3. The third-order valence-corrected chi connectivity index (χ3v) is 2.53. The fourth-order valence-electron chi connectivity index (χ4n) is 1.81. The predicted molar refractivity (Wildman–Crippen MR) is 57.2 cm³/mol. The second kappa shape index (κ2) is 5.20. The van der Waals surface area contributed by atoms with Gasteiger partial charge in [0.2, 0.25) is 0 Å². The molecule has 14 heavy (non-hydrogen) atoms. The average Bonchev–Trinajstić information content (AvgIpc) is 2.57. The summed E-state index contributed by atoms with van der Waals surface area (Å²) >= 11 is 0. The van der Waals surface area contributed by atoms with Gasteiger partial charge in [-0.2, -0.15) is 0 Å². The van der Waals surface area contributed by atoms with Gasteiger partial charge < -0.3 is 9.52 Å². The van der Waals surface area contributed by atoms with E-state index in [1.165, 1.54) is 0 Å². The molecule has 0 radical (unpaired) electrons. The first kappa shape index (κ1) is 11.3. The van der Waals surface area contributed by atoms with Crippen LogP contribution in [-0.4, -0.2) is 11.2 Å². The third kappa shape index (κ3) is 2.88. The molecule has 0 aliphatic heterocycles. The van der Waals surface area contributed by atoms with E-state index in [4.69, 9.17) is 4.42 Å². The lowest BCUT2D eigenvalue weighted by Crippen LogP contribution is -2.19. The number of aliphatic hydroxyl groups excluding tert-OH is 1. The Labute approximate surface area is 85.9 Å². The number of hydrogen-bond donors (Lipinski definition) is 1. The van der Waals surface area contributed by atoms with Gasteiger partial charge >= 0.3 is 0 Å². The van der Waals surface area contributed by atoms with E-state index in [2.05, 4.69) is 20.8 Å². The maximum atomic E-state index is 9.99. The minimum atomic E-state index is -0.286. The van der Waals surface area contributed by atoms with Crippen molar-refractivity contribution < 1.29 is 9.52 Å². The molecule has 1 aromatic heterocycles. The maximum absolute atomic E-state index is 9.99. The molecule has 0 aliphatic carbocycles. The van der Waals surface area contributed by atoms with Gasteiger partial charge in [-0.3, -0.25) is 0 Å². The highest BCUT2D eigenvalue weighted by molar-refractivity contribution is 5.07. The molecule has 0 spiro atoms. The predicted octanol–water partition coefficient (Wildman–Crippen LogP) is 3.18. The molecule has 1 heterocycles. The Hall–Kier alpha value is -0.760. The van der Waals surface area contributed by atoms with E-state index in [1.807, 2.05) is 12.1 Å². The van der Waals surface area contributed by atoms with Gasteiger partial charge in [-0.05, 0) is 30.9 Å². The lowest BCUT2D eigenvalue weighted by atomic mass is 9.91. The third-order valence-electron chi connectivity index (χ3n) is 2.53. The van der Waals surface area contributed by atoms with Gasteiger partial charge in [0.05, 0.1) is 12.4 Å². The van der Waals surface area contributed by atoms with Crippen molar-refractivity contribution >= 4 is 0 Å². The zero-order valence-corrected chi connectivity index (χ0v) is 9.23. The lowest BCUT2D eigenvalue weighted by Gasteiger charge is -2.21. The van der Waals surface area contributed by atoms with E-state index >= 15 is 0 Å². The van der Waals surface area contributed by atoms with Gasteiger partial charge in [-0.15, -0.1) is 0 Å². The Balaban J connectivity index is 2.62. The molecule has 80 valence electrons. The standard InChI is InChI=1S/C12H20O2/c1-4-10(11(13)8-9(2)3)12-6-5-7-14-12/h5-7,9-11,13H,4,8H2,1-3H3. The van der Waals surface area contributed by atoms with Crippen molar-refractivity contribution in [3.8, 4) is 0 Å². The minimum Gasteiger partial charge on any atom is -0.469 e. The van der Waals surface area contributed by atoms with E-state index in [0.717, 1.165) is 18.6 Å². The molecule has 1 aromatic rings. The first-order valence-corrected chi connectivity index (χ1v) is 5.36. The molecular formula is C12H20O2. The highest BCUT2D eigenvalue weighted by Crippen LogP contribution is 2.27. The average molecular weight is 196 g/mol. The smallest absolute Gasteiger partial charge is 0.109 e. The lowest BCUT2D eigenvalue weighted by molar-refractivity contribution is 0.108. The van der Waals surface area contributed by atoms with Crippen LogP contribution in [0.15, 0.2) is 22.8 Å². The molecule has 2 nitrogen and oxygen atoms in total. The first-order valence-electron chi connectivity index (χ1n) is 5.36. The summed E-state index contributed by atoms with van der Waals surface area (Å²) in [6.45, 7) is 6.33. The summed E-state index contributed by atoms with van der Waals surface area (Å²) in [4.78, 5) is 0. The van der Waals surface area contributed by atoms with Crippen LogP contribution in [0.5, 0.6) is 0 Å². The molecule has 2 atom stereocenters. The van der Waals surface area contributed by atoms with E-state index in [9.17, 15) is 5.11 Å². The molecule has 0 amide bonds. The summed E-state index contributed by atoms with van der Waals surface area (Å²) < 4.78 is 5.33. The van der Waals surface area contributed by atoms with Crippen LogP contribution < -0.4 is 0 Å². The summed E-state index contributed by atoms with van der Waals surface area (Å²) in [6.07, 6.45) is 3.13. The van der Waals surface area contributed by atoms with Crippen LogP contribution in [0.4, 0.5) is 0 Å². The van der Waals surface area contributed by atoms with Crippen LogP contribution in [0, 0.1) is 5.92 Å². The van der Waals surface area contributed by atoms with Crippen molar-refractivity contribution in [2.45, 2.75) is 45.6 Å². The number of aliphatic hydroxyl groups is 1. The summed E-state index contributed by atoms with van der Waals surface area (Å²) in [7, 11) is 0. The van der Waals surface area contributed by atoms with Crippen LogP contribution in [0.25, 0.3) is 0 Å². The van der Waals surface area contributed by atoms with Gasteiger partial charge in [0.25, 0.3) is 0 Å². The normalized spacial score (nSPS) is 15.8. The van der Waals surface area contributed by atoms with Crippen LogP contribution >= 0.6 is 0 Å². The molecule has 1 rings (SSSR count). The quantitative estimate of drug-likeness (QED) is 0.784. The van der Waals surface area contributed by atoms with Crippen molar-refractivity contribution in [3.63, 3.8) is 0 Å². The van der Waals surface area contributed by atoms with Gasteiger partial charge in [0.15, 0.2) is 0 Å². The molecule has 1 N–H and O–H groups in total. The van der Waals surface area contributed by atoms with E-state index in [1.54, 1.807) is 6.26 Å². The molecule has 2 heteroatoms. The molecule has 0 aromatic carbocycles. The van der Waals surface area contributed by atoms with Crippen molar-refractivity contribution in [3.05, 3.63) is 24.2 Å². The molecule has 0 saturated carbocycles. The Morgan fingerprint density at radius 1 is 1.43 bits per heavy atom. The number of rotatable bonds is 5. The van der Waals surface area contributed by atoms with Crippen molar-refractivity contribution in [1.29, 1.82) is 0 Å². The monoisotopic (exact) mass is 196 g/mol. The molecule has 0 saturated heterocycles. The Morgan fingerprint density at radius 3 is 2.57 bits per heavy atom. The highest BCUT2D eigenvalue weighted by Gasteiger charge is 2.22. The summed E-state index contributed by atoms with van der Waals surface area (Å²) in [5, 5.41) is 9.99. The van der Waals surface area contributed by atoms with E-state index in [0.29, 0.717) is 5.92 Å². The van der Waals surface area contributed by atoms with Gasteiger partial charge in [0, 0.05) is 5.92 Å². The molecule has 0 aliphatic rings. The second-order valence-corrected chi connectivity index (χ2v) is 4.23. The zero-order valence-electron chi connectivity index (χ0n) is 9.23. The summed E-state index contributed by atoms with van der Waals surface area (Å²) in [6, 6.07) is 3.82. The van der Waals surface area contributed by atoms with Crippen molar-refractivity contribution in [2.24, 2.45) is 5.92 Å². The molecule has 0 fully saturated rings. The summed E-state index contributed by atoms with van der Waals surface area (Å²) in [5.74, 6) is 1.57. The fourth-order valence-corrected chi connectivity index (χ4v) is 1.81. The van der Waals surface area contributed by atoms with Crippen LogP contribution in [0.2, 0.25) is 0 Å². The SMILES string of the molecule is CCC(c1ccco1)C(O)CC(C)C. The number of furan rings is 1. The fraction of sp³-hybridized carbons (Fsp3) is 0.667. The van der Waals surface area contributed by atoms with Crippen molar-refractivity contribution in [1.82, 2.24) is 0 Å². The van der Waals surface area contributed by atoms with Gasteiger partial charge in [-0.1, -0.05) is 20.8 Å². The Bertz CT molecular complexity index is 239. The van der Waals surface area contributed by atoms with Crippen molar-refractivity contribution in [2.75, 3.05) is 0 Å². The topological polar surface area (TPSA) is 33.4 Å². The first-order chi connectivity index (χ1) is 6.65. The Morgan fingerprint density at radius 2 is 2.14 bits per heavy atom. The second-order valence-electron chi connectivity index (χ2n) is 4.23. The molecule has 0 bridgehead atoms. The van der Waals surface area contributed by atoms with Crippen LogP contribution in [0.1, 0.15) is 45.3 Å². The van der Waals surface area contributed by atoms with E-state index in [-0.39, 0.29) is 12.0 Å². The van der Waals surface area contributed by atoms with Gasteiger partial charge in [-0.25, -0.2) is 0 Å². The molecule has 2 unspecified atom stereocenters. The van der Waals surface area contributed by atoms with Crippen LogP contribution in [-0.2, 0) is 0 Å². The van der Waals surface area contributed by atoms with Crippen LogP contribution in [0.3, 0.4) is 0 Å².